The smallest absolute Gasteiger partial charge is 0.191 e. The summed E-state index contributed by atoms with van der Waals surface area (Å²) in [4.78, 5) is 4.32. The highest BCUT2D eigenvalue weighted by atomic mass is 127. The molecule has 0 bridgehead atoms. The van der Waals surface area contributed by atoms with Crippen molar-refractivity contribution in [3.8, 4) is 11.5 Å². The topological polar surface area (TPSA) is 64.1 Å². The van der Waals surface area contributed by atoms with Crippen molar-refractivity contribution in [1.82, 2.24) is 10.6 Å². The molecule has 0 unspecified atom stereocenters. The fraction of sp³-hybridized carbons (Fsp3) is 0.435. The van der Waals surface area contributed by atoms with E-state index in [4.69, 9.17) is 14.2 Å². The van der Waals surface area contributed by atoms with Gasteiger partial charge in [0.1, 0.15) is 0 Å². The lowest BCUT2D eigenvalue weighted by atomic mass is 10.1. The molecule has 0 radical (unpaired) electrons. The van der Waals surface area contributed by atoms with Gasteiger partial charge in [-0.25, -0.2) is 0 Å². The van der Waals surface area contributed by atoms with Gasteiger partial charge in [-0.05, 0) is 41.7 Å². The van der Waals surface area contributed by atoms with Gasteiger partial charge in [0.25, 0.3) is 0 Å². The molecule has 2 aromatic carbocycles. The molecule has 0 fully saturated rings. The van der Waals surface area contributed by atoms with Gasteiger partial charge in [-0.2, -0.15) is 0 Å². The van der Waals surface area contributed by atoms with E-state index in [0.29, 0.717) is 13.2 Å². The summed E-state index contributed by atoms with van der Waals surface area (Å²) in [5, 5.41) is 6.74. The maximum Gasteiger partial charge on any atom is 0.191 e. The lowest BCUT2D eigenvalue weighted by Crippen LogP contribution is -2.38. The van der Waals surface area contributed by atoms with Crippen LogP contribution in [0.5, 0.6) is 11.5 Å². The predicted molar refractivity (Wildman–Crippen MR) is 133 cm³/mol. The molecule has 0 aliphatic rings. The number of nitrogens with zero attached hydrogens (tertiary/aromatic N) is 1. The van der Waals surface area contributed by atoms with Gasteiger partial charge in [0.15, 0.2) is 17.5 Å². The maximum absolute atomic E-state index is 5.70. The zero-order valence-electron chi connectivity index (χ0n) is 18.4. The second-order valence-electron chi connectivity index (χ2n) is 6.61. The first kappa shape index (κ1) is 26.0. The van der Waals surface area contributed by atoms with Crippen LogP contribution in [-0.4, -0.2) is 40.4 Å². The van der Waals surface area contributed by atoms with Crippen LogP contribution in [0.2, 0.25) is 0 Å². The zero-order valence-corrected chi connectivity index (χ0v) is 20.7. The highest BCUT2D eigenvalue weighted by molar-refractivity contribution is 14.0. The number of rotatable bonds is 11. The van der Waals surface area contributed by atoms with Crippen LogP contribution in [0.3, 0.4) is 0 Å². The summed E-state index contributed by atoms with van der Waals surface area (Å²) in [7, 11) is 5.07. The van der Waals surface area contributed by atoms with Gasteiger partial charge in [-0.1, -0.05) is 37.3 Å². The van der Waals surface area contributed by atoms with Crippen molar-refractivity contribution >= 4 is 29.9 Å². The lowest BCUT2D eigenvalue weighted by Gasteiger charge is -2.15. The van der Waals surface area contributed by atoms with Crippen molar-refractivity contribution < 1.29 is 14.2 Å². The molecule has 0 spiro atoms. The molecule has 0 aromatic heterocycles. The van der Waals surface area contributed by atoms with E-state index in [-0.39, 0.29) is 24.0 Å². The minimum absolute atomic E-state index is 0. The van der Waals surface area contributed by atoms with E-state index in [9.17, 15) is 0 Å². The summed E-state index contributed by atoms with van der Waals surface area (Å²) >= 11 is 0. The maximum atomic E-state index is 5.70. The molecule has 0 heterocycles. The summed E-state index contributed by atoms with van der Waals surface area (Å²) in [6, 6.07) is 14.3. The van der Waals surface area contributed by atoms with Crippen molar-refractivity contribution in [2.45, 2.75) is 32.9 Å². The first-order valence-corrected chi connectivity index (χ1v) is 10.0. The summed E-state index contributed by atoms with van der Waals surface area (Å²) in [5.41, 5.74) is 3.59. The van der Waals surface area contributed by atoms with Crippen LogP contribution in [0.15, 0.2) is 47.5 Å². The van der Waals surface area contributed by atoms with Gasteiger partial charge < -0.3 is 24.8 Å². The fourth-order valence-electron chi connectivity index (χ4n) is 2.96. The number of methoxy groups -OCH3 is 2. The van der Waals surface area contributed by atoms with Crippen LogP contribution in [0.25, 0.3) is 0 Å². The SMILES string of the molecule is CCCOCc1ccccc1CNC(=NC)NCCc1ccc(OC)c(OC)c1.I. The van der Waals surface area contributed by atoms with Gasteiger partial charge >= 0.3 is 0 Å². The van der Waals surface area contributed by atoms with E-state index < -0.39 is 0 Å². The van der Waals surface area contributed by atoms with Crippen molar-refractivity contribution in [2.24, 2.45) is 4.99 Å². The average Bonchev–Trinajstić information content (AvgIpc) is 2.76. The highest BCUT2D eigenvalue weighted by Gasteiger charge is 2.06. The second-order valence-corrected chi connectivity index (χ2v) is 6.61. The van der Waals surface area contributed by atoms with E-state index in [1.165, 1.54) is 16.7 Å². The van der Waals surface area contributed by atoms with Crippen LogP contribution in [0.4, 0.5) is 0 Å². The van der Waals surface area contributed by atoms with Crippen LogP contribution in [0, 0.1) is 0 Å². The molecule has 0 aliphatic carbocycles. The molecule has 2 aromatic rings. The highest BCUT2D eigenvalue weighted by Crippen LogP contribution is 2.27. The van der Waals surface area contributed by atoms with E-state index in [2.05, 4.69) is 34.7 Å². The first-order valence-electron chi connectivity index (χ1n) is 10.0. The third kappa shape index (κ3) is 8.39. The largest absolute Gasteiger partial charge is 0.493 e. The number of nitrogens with one attached hydrogen (secondary N) is 2. The van der Waals surface area contributed by atoms with Crippen LogP contribution >= 0.6 is 24.0 Å². The molecule has 0 amide bonds. The van der Waals surface area contributed by atoms with E-state index in [1.807, 2.05) is 30.3 Å². The van der Waals surface area contributed by atoms with Crippen molar-refractivity contribution in [2.75, 3.05) is 34.4 Å². The number of guanidine groups is 1. The number of aliphatic imine (C=N–C) groups is 1. The fourth-order valence-corrected chi connectivity index (χ4v) is 2.96. The normalized spacial score (nSPS) is 10.9. The molecule has 0 atom stereocenters. The van der Waals surface area contributed by atoms with E-state index in [1.54, 1.807) is 21.3 Å². The zero-order chi connectivity index (χ0) is 20.9. The summed E-state index contributed by atoms with van der Waals surface area (Å²) < 4.78 is 16.4. The minimum Gasteiger partial charge on any atom is -0.493 e. The Morgan fingerprint density at radius 2 is 1.70 bits per heavy atom. The molecule has 7 heteroatoms. The molecule has 0 saturated heterocycles. The van der Waals surface area contributed by atoms with Crippen LogP contribution < -0.4 is 20.1 Å². The number of halogens is 1. The summed E-state index contributed by atoms with van der Waals surface area (Å²) in [6.07, 6.45) is 1.87. The Kier molecular flexibility index (Phi) is 12.9. The Hall–Kier alpha value is -2.00. The van der Waals surface area contributed by atoms with Gasteiger partial charge in [-0.15, -0.1) is 24.0 Å². The van der Waals surface area contributed by atoms with Crippen molar-refractivity contribution in [1.29, 1.82) is 0 Å². The van der Waals surface area contributed by atoms with E-state index in [0.717, 1.165) is 43.5 Å². The number of hydrogen-bond acceptors (Lipinski definition) is 4. The first-order chi connectivity index (χ1) is 14.2. The molecular formula is C23H34IN3O3. The number of ether oxygens (including phenoxy) is 3. The Balaban J connectivity index is 0.00000450. The Labute approximate surface area is 197 Å². The Morgan fingerprint density at radius 1 is 0.967 bits per heavy atom. The quantitative estimate of drug-likeness (QED) is 0.199. The second kappa shape index (κ2) is 14.9. The molecule has 30 heavy (non-hydrogen) atoms. The average molecular weight is 527 g/mol. The third-order valence-electron chi connectivity index (χ3n) is 4.55. The standard InChI is InChI=1S/C23H33N3O3.HI/c1-5-14-29-17-20-9-7-6-8-19(20)16-26-23(24-2)25-13-12-18-10-11-21(27-3)22(15-18)28-4;/h6-11,15H,5,12-14,16-17H2,1-4H3,(H2,24,25,26);1H. The predicted octanol–water partition coefficient (Wildman–Crippen LogP) is 4.16. The molecule has 6 nitrogen and oxygen atoms in total. The van der Waals surface area contributed by atoms with Crippen molar-refractivity contribution in [3.63, 3.8) is 0 Å². The van der Waals surface area contributed by atoms with Crippen molar-refractivity contribution in [3.05, 3.63) is 59.2 Å². The van der Waals surface area contributed by atoms with Gasteiger partial charge in [0.05, 0.1) is 20.8 Å². The molecule has 166 valence electrons. The number of hydrogen-bond donors (Lipinski definition) is 2. The minimum atomic E-state index is 0. The molecule has 2 N–H and O–H groups in total. The Morgan fingerprint density at radius 3 is 2.37 bits per heavy atom. The summed E-state index contributed by atoms with van der Waals surface area (Å²) in [5.74, 6) is 2.26. The number of benzene rings is 2. The third-order valence-corrected chi connectivity index (χ3v) is 4.55. The molecule has 0 saturated carbocycles. The van der Waals surface area contributed by atoms with Gasteiger partial charge in [0.2, 0.25) is 0 Å². The van der Waals surface area contributed by atoms with Gasteiger partial charge in [0, 0.05) is 26.7 Å². The molecular weight excluding hydrogens is 493 g/mol. The Bertz CT molecular complexity index is 784. The molecule has 2 rings (SSSR count). The lowest BCUT2D eigenvalue weighted by molar-refractivity contribution is 0.121. The monoisotopic (exact) mass is 527 g/mol. The summed E-state index contributed by atoms with van der Waals surface area (Å²) in [6.45, 7) is 4.99. The van der Waals surface area contributed by atoms with Gasteiger partial charge in [-0.3, -0.25) is 4.99 Å². The molecule has 0 aliphatic heterocycles. The van der Waals surface area contributed by atoms with E-state index >= 15 is 0 Å². The van der Waals surface area contributed by atoms with Crippen LogP contribution in [-0.2, 0) is 24.3 Å². The van der Waals surface area contributed by atoms with Crippen LogP contribution in [0.1, 0.15) is 30.0 Å².